The number of amides is 1. The summed E-state index contributed by atoms with van der Waals surface area (Å²) in [4.78, 5) is 24.4. The van der Waals surface area contributed by atoms with Crippen molar-refractivity contribution < 1.29 is 32.6 Å². The van der Waals surface area contributed by atoms with Crippen LogP contribution in [0.15, 0.2) is 71.6 Å². The summed E-state index contributed by atoms with van der Waals surface area (Å²) in [6.07, 6.45) is 0. The summed E-state index contributed by atoms with van der Waals surface area (Å²) >= 11 is 0. The minimum absolute atomic E-state index is 0.0366. The average Bonchev–Trinajstić information content (AvgIpc) is 3.30. The van der Waals surface area contributed by atoms with Gasteiger partial charge in [-0.1, -0.05) is 32.0 Å². The number of hydrogen-bond donors (Lipinski definition) is 3. The van der Waals surface area contributed by atoms with Gasteiger partial charge in [-0.05, 0) is 65.6 Å². The molecular formula is C25H24N2O7S. The number of benzene rings is 3. The van der Waals surface area contributed by atoms with Crippen molar-refractivity contribution in [3.63, 3.8) is 0 Å². The quantitative estimate of drug-likeness (QED) is 0.428. The maximum absolute atomic E-state index is 13.3. The fourth-order valence-corrected chi connectivity index (χ4v) is 4.55. The van der Waals surface area contributed by atoms with Gasteiger partial charge < -0.3 is 19.9 Å². The molecule has 0 fully saturated rings. The van der Waals surface area contributed by atoms with E-state index in [4.69, 9.17) is 14.6 Å². The molecule has 4 rings (SSSR count). The second-order valence-electron chi connectivity index (χ2n) is 8.27. The Morgan fingerprint density at radius 2 is 1.51 bits per heavy atom. The molecule has 1 heterocycles. The molecule has 0 bridgehead atoms. The molecule has 0 saturated carbocycles. The van der Waals surface area contributed by atoms with E-state index in [-0.39, 0.29) is 23.2 Å². The van der Waals surface area contributed by atoms with Crippen molar-refractivity contribution in [3.05, 3.63) is 83.4 Å². The van der Waals surface area contributed by atoms with Crippen LogP contribution in [0.5, 0.6) is 11.5 Å². The molecule has 0 saturated heterocycles. The predicted molar refractivity (Wildman–Crippen MR) is 128 cm³/mol. The Morgan fingerprint density at radius 1 is 0.886 bits per heavy atom. The van der Waals surface area contributed by atoms with E-state index in [1.165, 1.54) is 36.4 Å². The molecule has 0 radical (unpaired) electrons. The Balaban J connectivity index is 1.63. The maximum atomic E-state index is 13.3. The molecule has 10 heteroatoms. The van der Waals surface area contributed by atoms with Gasteiger partial charge in [0.2, 0.25) is 6.79 Å². The van der Waals surface area contributed by atoms with E-state index in [0.717, 1.165) is 5.56 Å². The van der Waals surface area contributed by atoms with Gasteiger partial charge in [-0.25, -0.2) is 17.9 Å². The molecule has 3 N–H and O–H groups in total. The zero-order valence-electron chi connectivity index (χ0n) is 19.0. The molecule has 1 aliphatic rings. The Morgan fingerprint density at radius 3 is 2.14 bits per heavy atom. The first kappa shape index (κ1) is 24.1. The summed E-state index contributed by atoms with van der Waals surface area (Å²) in [6.45, 7) is 4.03. The molecule has 182 valence electrons. The molecule has 3 aromatic carbocycles. The van der Waals surface area contributed by atoms with Crippen molar-refractivity contribution in [1.29, 1.82) is 0 Å². The SMILES string of the molecule is CC(C)c1ccc(S(=O)(=O)NC(=O)C(Nc2ccc(C(=O)O)cc2)c2ccc3c(c2)OCO3)cc1. The number of carbonyl (C=O) groups excluding carboxylic acids is 1. The third kappa shape index (κ3) is 5.38. The standard InChI is InChI=1S/C25H24N2O7S/c1-15(2)16-5-10-20(11-6-16)35(31,32)27-24(28)23(18-7-12-21-22(13-18)34-14-33-21)26-19-8-3-17(4-9-19)25(29)30/h3-13,15,23,26H,14H2,1-2H3,(H,27,28)(H,29,30). The summed E-state index contributed by atoms with van der Waals surface area (Å²) in [6, 6.07) is 15.8. The number of aromatic carboxylic acids is 1. The van der Waals surface area contributed by atoms with Crippen LogP contribution >= 0.6 is 0 Å². The highest BCUT2D eigenvalue weighted by Gasteiger charge is 2.28. The van der Waals surface area contributed by atoms with Gasteiger partial charge in [0.05, 0.1) is 10.5 Å². The molecule has 1 amide bonds. The van der Waals surface area contributed by atoms with Crippen molar-refractivity contribution in [3.8, 4) is 11.5 Å². The van der Waals surface area contributed by atoms with Crippen molar-refractivity contribution in [1.82, 2.24) is 4.72 Å². The number of sulfonamides is 1. The number of carboxylic acids is 1. The molecule has 3 aromatic rings. The first-order chi connectivity index (χ1) is 16.6. The molecule has 0 aromatic heterocycles. The van der Waals surface area contributed by atoms with Crippen LogP contribution < -0.4 is 19.5 Å². The number of carbonyl (C=O) groups is 2. The van der Waals surface area contributed by atoms with Gasteiger partial charge in [-0.3, -0.25) is 4.79 Å². The van der Waals surface area contributed by atoms with Gasteiger partial charge in [-0.2, -0.15) is 0 Å². The predicted octanol–water partition coefficient (Wildman–Crippen LogP) is 3.90. The van der Waals surface area contributed by atoms with Gasteiger partial charge >= 0.3 is 5.97 Å². The monoisotopic (exact) mass is 496 g/mol. The zero-order valence-corrected chi connectivity index (χ0v) is 19.8. The Labute approximate surface area is 202 Å². The first-order valence-corrected chi connectivity index (χ1v) is 12.3. The number of fused-ring (bicyclic) bond motifs is 1. The highest BCUT2D eigenvalue weighted by molar-refractivity contribution is 7.90. The average molecular weight is 497 g/mol. The number of carboxylic acid groups (broad SMARTS) is 1. The van der Waals surface area contributed by atoms with E-state index in [9.17, 15) is 18.0 Å². The van der Waals surface area contributed by atoms with Crippen LogP contribution in [-0.2, 0) is 14.8 Å². The summed E-state index contributed by atoms with van der Waals surface area (Å²) in [5.74, 6) is -0.740. The smallest absolute Gasteiger partial charge is 0.335 e. The molecular weight excluding hydrogens is 472 g/mol. The summed E-state index contributed by atoms with van der Waals surface area (Å²) in [5, 5.41) is 12.1. The molecule has 0 aliphatic carbocycles. The third-order valence-electron chi connectivity index (χ3n) is 5.53. The summed E-state index contributed by atoms with van der Waals surface area (Å²) in [5.41, 5.74) is 1.90. The van der Waals surface area contributed by atoms with Gasteiger partial charge in [0, 0.05) is 5.69 Å². The largest absolute Gasteiger partial charge is 0.478 e. The molecule has 1 aliphatic heterocycles. The van der Waals surface area contributed by atoms with Crippen LogP contribution in [0.2, 0.25) is 0 Å². The number of ether oxygens (including phenoxy) is 2. The maximum Gasteiger partial charge on any atom is 0.335 e. The van der Waals surface area contributed by atoms with Crippen molar-refractivity contribution in [2.45, 2.75) is 30.7 Å². The van der Waals surface area contributed by atoms with Crippen molar-refractivity contribution in [2.75, 3.05) is 12.1 Å². The number of hydrogen-bond acceptors (Lipinski definition) is 7. The van der Waals surface area contributed by atoms with Gasteiger partial charge in [0.1, 0.15) is 6.04 Å². The lowest BCUT2D eigenvalue weighted by Gasteiger charge is -2.20. The van der Waals surface area contributed by atoms with Crippen molar-refractivity contribution >= 4 is 27.6 Å². The highest BCUT2D eigenvalue weighted by Crippen LogP contribution is 2.35. The van der Waals surface area contributed by atoms with Crippen LogP contribution in [0.3, 0.4) is 0 Å². The number of anilines is 1. The molecule has 1 unspecified atom stereocenters. The molecule has 1 atom stereocenters. The number of nitrogens with one attached hydrogen (secondary N) is 2. The lowest BCUT2D eigenvalue weighted by molar-refractivity contribution is -0.120. The minimum Gasteiger partial charge on any atom is -0.478 e. The van der Waals surface area contributed by atoms with Crippen LogP contribution in [-0.4, -0.2) is 32.2 Å². The van der Waals surface area contributed by atoms with E-state index in [1.54, 1.807) is 30.3 Å². The van der Waals surface area contributed by atoms with Gasteiger partial charge in [0.25, 0.3) is 15.9 Å². The summed E-state index contributed by atoms with van der Waals surface area (Å²) in [7, 11) is -4.15. The van der Waals surface area contributed by atoms with Crippen LogP contribution in [0.25, 0.3) is 0 Å². The molecule has 0 spiro atoms. The van der Waals surface area contributed by atoms with E-state index in [1.807, 2.05) is 13.8 Å². The molecule has 35 heavy (non-hydrogen) atoms. The van der Waals surface area contributed by atoms with Crippen molar-refractivity contribution in [2.24, 2.45) is 0 Å². The lowest BCUT2D eigenvalue weighted by atomic mass is 10.0. The fraction of sp³-hybridized carbons (Fsp3) is 0.200. The Hall–Kier alpha value is -4.05. The van der Waals surface area contributed by atoms with Crippen LogP contribution in [0, 0.1) is 0 Å². The summed E-state index contributed by atoms with van der Waals surface area (Å²) < 4.78 is 38.8. The lowest BCUT2D eigenvalue weighted by Crippen LogP contribution is -2.37. The minimum atomic E-state index is -4.15. The van der Waals surface area contributed by atoms with E-state index in [0.29, 0.717) is 22.7 Å². The van der Waals surface area contributed by atoms with E-state index in [2.05, 4.69) is 10.0 Å². The van der Waals surface area contributed by atoms with Gasteiger partial charge in [0.15, 0.2) is 11.5 Å². The van der Waals surface area contributed by atoms with Gasteiger partial charge in [-0.15, -0.1) is 0 Å². The zero-order chi connectivity index (χ0) is 25.2. The van der Waals surface area contributed by atoms with E-state index < -0.39 is 27.9 Å². The molecule has 9 nitrogen and oxygen atoms in total. The van der Waals surface area contributed by atoms with Crippen LogP contribution in [0.4, 0.5) is 5.69 Å². The Kier molecular flexibility index (Phi) is 6.65. The highest BCUT2D eigenvalue weighted by atomic mass is 32.2. The van der Waals surface area contributed by atoms with Crippen LogP contribution in [0.1, 0.15) is 47.3 Å². The normalized spacial score (nSPS) is 13.3. The topological polar surface area (TPSA) is 131 Å². The number of rotatable bonds is 8. The Bertz CT molecular complexity index is 1350. The second kappa shape index (κ2) is 9.67. The van der Waals surface area contributed by atoms with E-state index >= 15 is 0 Å². The first-order valence-electron chi connectivity index (χ1n) is 10.8. The second-order valence-corrected chi connectivity index (χ2v) is 9.95. The fourth-order valence-electron chi connectivity index (χ4n) is 3.55. The third-order valence-corrected chi connectivity index (χ3v) is 6.89.